The van der Waals surface area contributed by atoms with Crippen molar-refractivity contribution in [3.05, 3.63) is 45.1 Å². The number of hydrogen-bond donors (Lipinski definition) is 0. The molecule has 1 aromatic carbocycles. The van der Waals surface area contributed by atoms with Crippen molar-refractivity contribution in [3.8, 4) is 11.5 Å². The van der Waals surface area contributed by atoms with Gasteiger partial charge in [-0.2, -0.15) is 0 Å². The van der Waals surface area contributed by atoms with Crippen LogP contribution in [0.2, 0.25) is 5.02 Å². The van der Waals surface area contributed by atoms with Gasteiger partial charge in [0.25, 0.3) is 0 Å². The van der Waals surface area contributed by atoms with E-state index in [2.05, 4.69) is 0 Å². The molecule has 1 atom stereocenters. The lowest BCUT2D eigenvalue weighted by Gasteiger charge is -2.13. The summed E-state index contributed by atoms with van der Waals surface area (Å²) in [4.78, 5) is 0.936. The normalized spacial score (nSPS) is 12.2. The van der Waals surface area contributed by atoms with Crippen molar-refractivity contribution in [1.82, 2.24) is 0 Å². The zero-order valence-electron chi connectivity index (χ0n) is 9.94. The van der Waals surface area contributed by atoms with Gasteiger partial charge in [-0.1, -0.05) is 17.7 Å². The molecule has 0 bridgehead atoms. The van der Waals surface area contributed by atoms with Crippen molar-refractivity contribution in [3.63, 3.8) is 0 Å². The molecule has 1 heterocycles. The maximum absolute atomic E-state index is 6.43. The number of thiophene rings is 1. The average molecular weight is 303 g/mol. The molecule has 0 spiro atoms. The first kappa shape index (κ1) is 13.5. The summed E-state index contributed by atoms with van der Waals surface area (Å²) in [6, 6.07) is 7.46. The van der Waals surface area contributed by atoms with Crippen LogP contribution in [0.15, 0.2) is 29.6 Å². The molecule has 0 N–H and O–H groups in total. The van der Waals surface area contributed by atoms with Crippen LogP contribution in [0.5, 0.6) is 11.5 Å². The largest absolute Gasteiger partial charge is 0.493 e. The quantitative estimate of drug-likeness (QED) is 0.759. The molecular formula is C13H12Cl2O2S. The summed E-state index contributed by atoms with van der Waals surface area (Å²) < 4.78 is 10.5. The van der Waals surface area contributed by atoms with Crippen LogP contribution in [-0.2, 0) is 0 Å². The average Bonchev–Trinajstić information content (AvgIpc) is 2.83. The van der Waals surface area contributed by atoms with Crippen molar-refractivity contribution >= 4 is 34.5 Å². The molecule has 5 heteroatoms. The molecule has 96 valence electrons. The van der Waals surface area contributed by atoms with Crippen molar-refractivity contribution < 1.29 is 9.47 Å². The third kappa shape index (κ3) is 2.58. The molecule has 0 amide bonds. The lowest BCUT2D eigenvalue weighted by atomic mass is 10.1. The van der Waals surface area contributed by atoms with Crippen LogP contribution >= 0.6 is 34.5 Å². The van der Waals surface area contributed by atoms with E-state index in [4.69, 9.17) is 32.7 Å². The highest BCUT2D eigenvalue weighted by Crippen LogP contribution is 2.40. The van der Waals surface area contributed by atoms with Crippen LogP contribution in [0.4, 0.5) is 0 Å². The highest BCUT2D eigenvalue weighted by atomic mass is 35.5. The maximum Gasteiger partial charge on any atom is 0.161 e. The van der Waals surface area contributed by atoms with E-state index in [-0.39, 0.29) is 5.38 Å². The first-order valence-corrected chi connectivity index (χ1v) is 6.95. The number of hydrogen-bond acceptors (Lipinski definition) is 3. The molecule has 1 unspecified atom stereocenters. The van der Waals surface area contributed by atoms with Gasteiger partial charge in [-0.25, -0.2) is 0 Å². The van der Waals surface area contributed by atoms with Crippen LogP contribution in [0.1, 0.15) is 15.8 Å². The number of alkyl halides is 1. The van der Waals surface area contributed by atoms with Crippen LogP contribution in [-0.4, -0.2) is 14.2 Å². The summed E-state index contributed by atoms with van der Waals surface area (Å²) in [5, 5.41) is 2.33. The fourth-order valence-corrected chi connectivity index (χ4v) is 3.28. The molecule has 18 heavy (non-hydrogen) atoms. The van der Waals surface area contributed by atoms with Gasteiger partial charge in [-0.15, -0.1) is 22.9 Å². The Balaban J connectivity index is 2.37. The molecule has 0 aliphatic carbocycles. The van der Waals surface area contributed by atoms with Gasteiger partial charge in [0.05, 0.1) is 24.6 Å². The molecule has 0 saturated heterocycles. The summed E-state index contributed by atoms with van der Waals surface area (Å²) in [6.07, 6.45) is 0. The van der Waals surface area contributed by atoms with E-state index in [1.54, 1.807) is 14.2 Å². The Kier molecular flexibility index (Phi) is 4.38. The second-order valence-corrected chi connectivity index (χ2v) is 5.40. The minimum atomic E-state index is -0.280. The molecule has 0 aliphatic heterocycles. The van der Waals surface area contributed by atoms with Crippen molar-refractivity contribution in [2.75, 3.05) is 14.2 Å². The minimum absolute atomic E-state index is 0.280. The zero-order chi connectivity index (χ0) is 13.1. The van der Waals surface area contributed by atoms with E-state index < -0.39 is 0 Å². The Morgan fingerprint density at radius 2 is 1.83 bits per heavy atom. The Morgan fingerprint density at radius 3 is 2.39 bits per heavy atom. The molecule has 2 nitrogen and oxygen atoms in total. The number of rotatable bonds is 4. The smallest absolute Gasteiger partial charge is 0.161 e. The van der Waals surface area contributed by atoms with Crippen molar-refractivity contribution in [2.45, 2.75) is 5.38 Å². The van der Waals surface area contributed by atoms with Gasteiger partial charge in [0, 0.05) is 4.88 Å². The number of halogens is 2. The number of ether oxygens (including phenoxy) is 2. The highest BCUT2D eigenvalue weighted by Gasteiger charge is 2.17. The van der Waals surface area contributed by atoms with E-state index in [0.29, 0.717) is 16.5 Å². The first-order chi connectivity index (χ1) is 8.67. The number of methoxy groups -OCH3 is 2. The predicted molar refractivity (Wildman–Crippen MR) is 76.6 cm³/mol. The highest BCUT2D eigenvalue weighted by molar-refractivity contribution is 7.11. The van der Waals surface area contributed by atoms with Crippen LogP contribution < -0.4 is 9.47 Å². The maximum atomic E-state index is 6.43. The second-order valence-electron chi connectivity index (χ2n) is 3.61. The van der Waals surface area contributed by atoms with Crippen LogP contribution in [0, 0.1) is 0 Å². The second kappa shape index (κ2) is 5.83. The van der Waals surface area contributed by atoms with Gasteiger partial charge in [0.15, 0.2) is 11.5 Å². The van der Waals surface area contributed by atoms with E-state index in [1.807, 2.05) is 29.6 Å². The third-order valence-electron chi connectivity index (χ3n) is 2.58. The summed E-state index contributed by atoms with van der Waals surface area (Å²) in [7, 11) is 3.20. The Bertz CT molecular complexity index is 540. The third-order valence-corrected chi connectivity index (χ3v) is 4.60. The molecule has 0 fully saturated rings. The van der Waals surface area contributed by atoms with Gasteiger partial charge < -0.3 is 9.47 Å². The summed E-state index contributed by atoms with van der Waals surface area (Å²) in [6.45, 7) is 0. The van der Waals surface area contributed by atoms with E-state index in [9.17, 15) is 0 Å². The Hall–Kier alpha value is -0.900. The van der Waals surface area contributed by atoms with E-state index >= 15 is 0 Å². The molecule has 2 rings (SSSR count). The molecule has 2 aromatic rings. The lowest BCUT2D eigenvalue weighted by Crippen LogP contribution is -1.95. The Morgan fingerprint density at radius 1 is 1.11 bits per heavy atom. The molecule has 1 aromatic heterocycles. The minimum Gasteiger partial charge on any atom is -0.493 e. The molecule has 0 saturated carbocycles. The van der Waals surface area contributed by atoms with E-state index in [0.717, 1.165) is 10.4 Å². The van der Waals surface area contributed by atoms with E-state index in [1.165, 1.54) is 11.3 Å². The van der Waals surface area contributed by atoms with Crippen LogP contribution in [0.25, 0.3) is 0 Å². The molecule has 0 radical (unpaired) electrons. The lowest BCUT2D eigenvalue weighted by molar-refractivity contribution is 0.354. The van der Waals surface area contributed by atoms with Gasteiger partial charge >= 0.3 is 0 Å². The summed E-state index contributed by atoms with van der Waals surface area (Å²) in [5.74, 6) is 1.34. The first-order valence-electron chi connectivity index (χ1n) is 5.26. The van der Waals surface area contributed by atoms with Gasteiger partial charge in [0.2, 0.25) is 0 Å². The summed E-state index contributed by atoms with van der Waals surface area (Å²) in [5.41, 5.74) is 0.929. The standard InChI is InChI=1S/C13H12Cl2O2S/c1-16-10-4-3-8(7-11(10)17-2)12(15)13-9(14)5-6-18-13/h3-7,12H,1-2H3. The molecule has 0 aliphatic rings. The molecular weight excluding hydrogens is 291 g/mol. The van der Waals surface area contributed by atoms with Gasteiger partial charge in [-0.3, -0.25) is 0 Å². The topological polar surface area (TPSA) is 18.5 Å². The monoisotopic (exact) mass is 302 g/mol. The van der Waals surface area contributed by atoms with Crippen LogP contribution in [0.3, 0.4) is 0 Å². The SMILES string of the molecule is COc1ccc(C(Cl)c2sccc2Cl)cc1OC. The zero-order valence-corrected chi connectivity index (χ0v) is 12.3. The fourth-order valence-electron chi connectivity index (χ4n) is 1.65. The van der Waals surface area contributed by atoms with Crippen molar-refractivity contribution in [1.29, 1.82) is 0 Å². The van der Waals surface area contributed by atoms with Gasteiger partial charge in [-0.05, 0) is 29.1 Å². The summed E-state index contributed by atoms with van der Waals surface area (Å²) >= 11 is 14.1. The number of benzene rings is 1. The van der Waals surface area contributed by atoms with Gasteiger partial charge in [0.1, 0.15) is 0 Å². The Labute approximate surface area is 120 Å². The van der Waals surface area contributed by atoms with Crippen molar-refractivity contribution in [2.24, 2.45) is 0 Å². The fraction of sp³-hybridized carbons (Fsp3) is 0.231. The predicted octanol–water partition coefficient (Wildman–Crippen LogP) is 4.75.